The lowest BCUT2D eigenvalue weighted by Crippen LogP contribution is -2.04. The summed E-state index contributed by atoms with van der Waals surface area (Å²) in [6, 6.07) is 16.4. The van der Waals surface area contributed by atoms with Crippen molar-refractivity contribution in [3.8, 4) is 0 Å². The zero-order chi connectivity index (χ0) is 16.1. The highest BCUT2D eigenvalue weighted by Crippen LogP contribution is 2.21. The first-order valence-corrected chi connectivity index (χ1v) is 8.82. The monoisotopic (exact) mass is 325 g/mol. The van der Waals surface area contributed by atoms with Crippen molar-refractivity contribution in [3.05, 3.63) is 77.6 Å². The van der Waals surface area contributed by atoms with E-state index >= 15 is 0 Å². The Morgan fingerprint density at radius 1 is 1.04 bits per heavy atom. The Labute approximate surface area is 140 Å². The fraction of sp³-hybridized carbons (Fsp3) is 0.211. The van der Waals surface area contributed by atoms with Gasteiger partial charge in [0.15, 0.2) is 0 Å². The Morgan fingerprint density at radius 2 is 1.78 bits per heavy atom. The fourth-order valence-corrected chi connectivity index (χ4v) is 3.42. The number of rotatable bonds is 6. The third-order valence-corrected chi connectivity index (χ3v) is 4.68. The molecule has 1 aromatic carbocycles. The Kier molecular flexibility index (Phi) is 5.03. The smallest absolute Gasteiger partial charge is 0.340 e. The van der Waals surface area contributed by atoms with Gasteiger partial charge in [0.2, 0.25) is 0 Å². The molecule has 0 N–H and O–H groups in total. The number of carbonyl (C=O) groups excluding carboxylic acids is 1. The maximum Gasteiger partial charge on any atom is 0.340 e. The van der Waals surface area contributed by atoms with Crippen molar-refractivity contribution in [2.45, 2.75) is 18.4 Å². The van der Waals surface area contributed by atoms with Crippen LogP contribution in [0.5, 0.6) is 0 Å². The molecule has 0 aliphatic carbocycles. The molecular weight excluding hydrogens is 306 g/mol. The van der Waals surface area contributed by atoms with Gasteiger partial charge in [-0.25, -0.2) is 4.79 Å². The molecule has 0 atom stereocenters. The second kappa shape index (κ2) is 7.38. The van der Waals surface area contributed by atoms with Gasteiger partial charge in [0.05, 0.1) is 17.7 Å². The van der Waals surface area contributed by atoms with Crippen LogP contribution in [0.2, 0.25) is 0 Å². The minimum absolute atomic E-state index is 0.260. The summed E-state index contributed by atoms with van der Waals surface area (Å²) in [5.41, 5.74) is 4.07. The first kappa shape index (κ1) is 15.7. The number of fused-ring (bicyclic) bond motifs is 1. The van der Waals surface area contributed by atoms with Gasteiger partial charge in [-0.15, -0.1) is 0 Å². The summed E-state index contributed by atoms with van der Waals surface area (Å²) < 4.78 is 7.07. The quantitative estimate of drug-likeness (QED) is 0.623. The van der Waals surface area contributed by atoms with Crippen LogP contribution in [0, 0.1) is 0 Å². The van der Waals surface area contributed by atoms with E-state index in [1.165, 1.54) is 11.1 Å². The maximum absolute atomic E-state index is 12.0. The van der Waals surface area contributed by atoms with E-state index in [0.717, 1.165) is 17.0 Å². The van der Waals surface area contributed by atoms with E-state index in [-0.39, 0.29) is 5.97 Å². The summed E-state index contributed by atoms with van der Waals surface area (Å²) in [4.78, 5) is 12.0. The Hall–Kier alpha value is -2.20. The number of benzene rings is 1. The molecule has 0 aliphatic heterocycles. The zero-order valence-corrected chi connectivity index (χ0v) is 13.9. The number of hydrogen-bond donors (Lipinski definition) is 0. The standard InChI is InChI=1S/C19H19NO2S/c1-2-22-19(21)17-9-11-20-10-8-16(12-18(17)20)14-23-13-15-6-4-3-5-7-15/h3-12H,2,13-14H2,1H3. The number of hydrogen-bond acceptors (Lipinski definition) is 3. The number of carbonyl (C=O) groups is 1. The first-order valence-electron chi connectivity index (χ1n) is 7.66. The van der Waals surface area contributed by atoms with Crippen molar-refractivity contribution < 1.29 is 9.53 Å². The van der Waals surface area contributed by atoms with E-state index in [1.54, 1.807) is 0 Å². The van der Waals surface area contributed by atoms with Crippen molar-refractivity contribution >= 4 is 23.2 Å². The molecular formula is C19H19NO2S. The maximum atomic E-state index is 12.0. The van der Waals surface area contributed by atoms with Gasteiger partial charge < -0.3 is 9.14 Å². The number of pyridine rings is 1. The van der Waals surface area contributed by atoms with Crippen molar-refractivity contribution in [2.24, 2.45) is 0 Å². The lowest BCUT2D eigenvalue weighted by Gasteiger charge is -2.05. The molecule has 0 saturated heterocycles. The Morgan fingerprint density at radius 3 is 2.57 bits per heavy atom. The van der Waals surface area contributed by atoms with Crippen molar-refractivity contribution in [3.63, 3.8) is 0 Å². The minimum Gasteiger partial charge on any atom is -0.462 e. The molecule has 23 heavy (non-hydrogen) atoms. The largest absolute Gasteiger partial charge is 0.462 e. The van der Waals surface area contributed by atoms with Gasteiger partial charge in [0.1, 0.15) is 0 Å². The lowest BCUT2D eigenvalue weighted by molar-refractivity contribution is 0.0529. The molecule has 2 heterocycles. The molecule has 0 spiro atoms. The van der Waals surface area contributed by atoms with E-state index in [2.05, 4.69) is 36.4 Å². The normalized spacial score (nSPS) is 10.8. The van der Waals surface area contributed by atoms with Gasteiger partial charge in [-0.1, -0.05) is 30.3 Å². The third kappa shape index (κ3) is 3.77. The van der Waals surface area contributed by atoms with Gasteiger partial charge in [0, 0.05) is 23.9 Å². The average molecular weight is 325 g/mol. The molecule has 4 heteroatoms. The Balaban J connectivity index is 1.71. The van der Waals surface area contributed by atoms with Crippen LogP contribution in [0.1, 0.15) is 28.4 Å². The van der Waals surface area contributed by atoms with Crippen LogP contribution in [0.3, 0.4) is 0 Å². The molecule has 0 radical (unpaired) electrons. The summed E-state index contributed by atoms with van der Waals surface area (Å²) in [7, 11) is 0. The number of nitrogens with zero attached hydrogens (tertiary/aromatic N) is 1. The van der Waals surface area contributed by atoms with E-state index in [9.17, 15) is 4.79 Å². The minimum atomic E-state index is -0.260. The summed E-state index contributed by atoms with van der Waals surface area (Å²) in [6.45, 7) is 2.21. The van der Waals surface area contributed by atoms with E-state index < -0.39 is 0 Å². The highest BCUT2D eigenvalue weighted by atomic mass is 32.2. The molecule has 3 rings (SSSR count). The van der Waals surface area contributed by atoms with Gasteiger partial charge >= 0.3 is 5.97 Å². The van der Waals surface area contributed by atoms with Gasteiger partial charge in [-0.05, 0) is 36.2 Å². The molecule has 118 valence electrons. The lowest BCUT2D eigenvalue weighted by atomic mass is 10.2. The van der Waals surface area contributed by atoms with E-state index in [1.807, 2.05) is 47.6 Å². The van der Waals surface area contributed by atoms with Crippen molar-refractivity contribution in [1.29, 1.82) is 0 Å². The molecule has 0 amide bonds. The molecule has 3 nitrogen and oxygen atoms in total. The van der Waals surface area contributed by atoms with Crippen LogP contribution < -0.4 is 0 Å². The van der Waals surface area contributed by atoms with Gasteiger partial charge in [-0.2, -0.15) is 11.8 Å². The molecule has 0 fully saturated rings. The predicted molar refractivity (Wildman–Crippen MR) is 94.8 cm³/mol. The first-order chi connectivity index (χ1) is 11.3. The molecule has 2 aromatic heterocycles. The number of esters is 1. The van der Waals surface area contributed by atoms with Crippen LogP contribution in [0.25, 0.3) is 5.52 Å². The molecule has 0 unspecified atom stereocenters. The summed E-state index contributed by atoms with van der Waals surface area (Å²) in [6.07, 6.45) is 3.89. The van der Waals surface area contributed by atoms with Crippen LogP contribution in [0.4, 0.5) is 0 Å². The van der Waals surface area contributed by atoms with Gasteiger partial charge in [-0.3, -0.25) is 0 Å². The Bertz CT molecular complexity index is 795. The zero-order valence-electron chi connectivity index (χ0n) is 13.1. The average Bonchev–Trinajstić information content (AvgIpc) is 2.99. The predicted octanol–water partition coefficient (Wildman–Crippen LogP) is 4.55. The SMILES string of the molecule is CCOC(=O)c1ccn2ccc(CSCc3ccccc3)cc12. The van der Waals surface area contributed by atoms with Crippen molar-refractivity contribution in [2.75, 3.05) is 6.61 Å². The van der Waals surface area contributed by atoms with E-state index in [0.29, 0.717) is 12.2 Å². The number of thioether (sulfide) groups is 1. The molecule has 0 bridgehead atoms. The van der Waals surface area contributed by atoms with E-state index in [4.69, 9.17) is 4.74 Å². The molecule has 0 saturated carbocycles. The van der Waals surface area contributed by atoms with Gasteiger partial charge in [0.25, 0.3) is 0 Å². The summed E-state index contributed by atoms with van der Waals surface area (Å²) in [5.74, 6) is 1.64. The fourth-order valence-electron chi connectivity index (χ4n) is 2.47. The second-order valence-corrected chi connectivity index (χ2v) is 6.24. The number of ether oxygens (including phenoxy) is 1. The third-order valence-electron chi connectivity index (χ3n) is 3.60. The summed E-state index contributed by atoms with van der Waals surface area (Å²) >= 11 is 1.87. The van der Waals surface area contributed by atoms with Crippen molar-refractivity contribution in [1.82, 2.24) is 4.40 Å². The highest BCUT2D eigenvalue weighted by molar-refractivity contribution is 7.97. The second-order valence-electron chi connectivity index (χ2n) is 5.26. The topological polar surface area (TPSA) is 30.7 Å². The van der Waals surface area contributed by atoms with Crippen LogP contribution in [0.15, 0.2) is 60.9 Å². The van der Waals surface area contributed by atoms with Crippen LogP contribution in [-0.2, 0) is 16.2 Å². The molecule has 0 aliphatic rings. The summed E-state index contributed by atoms with van der Waals surface area (Å²) in [5, 5.41) is 0. The highest BCUT2D eigenvalue weighted by Gasteiger charge is 2.12. The van der Waals surface area contributed by atoms with Crippen LogP contribution in [-0.4, -0.2) is 17.0 Å². The number of aromatic nitrogens is 1. The van der Waals surface area contributed by atoms with Crippen LogP contribution >= 0.6 is 11.8 Å². The molecule has 3 aromatic rings.